The largest absolute Gasteiger partial charge is 0.379 e. The first-order chi connectivity index (χ1) is 11.5. The van der Waals surface area contributed by atoms with Gasteiger partial charge in [0.05, 0.1) is 12.1 Å². The quantitative estimate of drug-likeness (QED) is 0.546. The maximum absolute atomic E-state index is 13.9. The molecule has 24 heavy (non-hydrogen) atoms. The van der Waals surface area contributed by atoms with Gasteiger partial charge in [0.15, 0.2) is 10.3 Å². The van der Waals surface area contributed by atoms with Gasteiger partial charge >= 0.3 is 0 Å². The van der Waals surface area contributed by atoms with Gasteiger partial charge in [-0.3, -0.25) is 4.79 Å². The Hall–Kier alpha value is -1.76. The average molecular weight is 426 g/mol. The fourth-order valence-electron chi connectivity index (χ4n) is 2.20. The molecular formula is C17H11BrClFN2OS. The second-order valence-electron chi connectivity index (χ2n) is 4.93. The van der Waals surface area contributed by atoms with Crippen molar-refractivity contribution in [2.45, 2.75) is 6.54 Å². The van der Waals surface area contributed by atoms with Crippen LogP contribution in [0.1, 0.15) is 20.8 Å². The molecule has 0 aliphatic rings. The predicted octanol–water partition coefficient (Wildman–Crippen LogP) is 5.54. The van der Waals surface area contributed by atoms with Crippen LogP contribution in [0.5, 0.6) is 0 Å². The fourth-order valence-corrected chi connectivity index (χ4v) is 3.48. The second-order valence-corrected chi connectivity index (χ2v) is 7.54. The number of halogens is 3. The van der Waals surface area contributed by atoms with Crippen molar-refractivity contribution >= 4 is 50.3 Å². The maximum Gasteiger partial charge on any atom is 0.198 e. The second kappa shape index (κ2) is 7.42. The highest BCUT2D eigenvalue weighted by Gasteiger charge is 2.17. The van der Waals surface area contributed by atoms with Gasteiger partial charge in [-0.1, -0.05) is 39.7 Å². The number of carbonyl (C=O) groups excluding carboxylic acids is 1. The van der Waals surface area contributed by atoms with Gasteiger partial charge in [0.25, 0.3) is 0 Å². The third-order valence-corrected chi connectivity index (χ3v) is 4.93. The van der Waals surface area contributed by atoms with Crippen LogP contribution in [0.15, 0.2) is 53.1 Å². The van der Waals surface area contributed by atoms with Crippen LogP contribution >= 0.6 is 38.9 Å². The molecule has 0 spiro atoms. The van der Waals surface area contributed by atoms with E-state index in [1.165, 1.54) is 23.5 Å². The topological polar surface area (TPSA) is 42.0 Å². The summed E-state index contributed by atoms with van der Waals surface area (Å²) in [4.78, 5) is 17.6. The molecule has 0 amide bonds. The number of rotatable bonds is 5. The fraction of sp³-hybridized carbons (Fsp3) is 0.0588. The van der Waals surface area contributed by atoms with E-state index in [1.54, 1.807) is 30.5 Å². The molecule has 0 bridgehead atoms. The lowest BCUT2D eigenvalue weighted by atomic mass is 10.0. The molecule has 7 heteroatoms. The number of nitrogens with one attached hydrogen (secondary N) is 1. The molecular weight excluding hydrogens is 415 g/mol. The van der Waals surface area contributed by atoms with Gasteiger partial charge in [-0.05, 0) is 30.3 Å². The Morgan fingerprint density at radius 1 is 1.25 bits per heavy atom. The van der Waals surface area contributed by atoms with E-state index in [1.807, 2.05) is 6.07 Å². The predicted molar refractivity (Wildman–Crippen MR) is 98.4 cm³/mol. The van der Waals surface area contributed by atoms with Gasteiger partial charge in [0.1, 0.15) is 5.82 Å². The Kier molecular flexibility index (Phi) is 5.28. The van der Waals surface area contributed by atoms with Crippen LogP contribution in [0.4, 0.5) is 10.1 Å². The Morgan fingerprint density at radius 3 is 2.75 bits per heavy atom. The van der Waals surface area contributed by atoms with E-state index in [0.29, 0.717) is 22.3 Å². The van der Waals surface area contributed by atoms with Crippen molar-refractivity contribution in [3.63, 3.8) is 0 Å². The van der Waals surface area contributed by atoms with Crippen LogP contribution in [0.3, 0.4) is 0 Å². The Morgan fingerprint density at radius 2 is 2.04 bits per heavy atom. The number of ketones is 1. The van der Waals surface area contributed by atoms with E-state index in [2.05, 4.69) is 26.2 Å². The summed E-state index contributed by atoms with van der Waals surface area (Å²) < 4.78 is 15.1. The summed E-state index contributed by atoms with van der Waals surface area (Å²) in [6.07, 6.45) is 1.68. The summed E-state index contributed by atoms with van der Waals surface area (Å²) in [5.74, 6) is -0.915. The molecule has 3 nitrogen and oxygen atoms in total. The molecule has 3 aromatic rings. The van der Waals surface area contributed by atoms with E-state index in [4.69, 9.17) is 11.6 Å². The minimum Gasteiger partial charge on any atom is -0.379 e. The number of benzene rings is 2. The number of thiazole rings is 1. The van der Waals surface area contributed by atoms with Crippen LogP contribution < -0.4 is 5.32 Å². The third kappa shape index (κ3) is 3.83. The van der Waals surface area contributed by atoms with Crippen LogP contribution in [-0.4, -0.2) is 10.8 Å². The SMILES string of the molecule is O=C(c1ccccc1F)c1cc(Br)ccc1NCc1cnc(Cl)s1. The smallest absolute Gasteiger partial charge is 0.198 e. The number of hydrogen-bond donors (Lipinski definition) is 1. The Balaban J connectivity index is 1.91. The number of carbonyl (C=O) groups is 1. The molecule has 0 saturated heterocycles. The van der Waals surface area contributed by atoms with Crippen molar-refractivity contribution in [1.29, 1.82) is 0 Å². The minimum absolute atomic E-state index is 0.0412. The van der Waals surface area contributed by atoms with Gasteiger partial charge in [-0.25, -0.2) is 9.37 Å². The lowest BCUT2D eigenvalue weighted by Gasteiger charge is -2.12. The molecule has 0 aliphatic carbocycles. The molecule has 2 aromatic carbocycles. The van der Waals surface area contributed by atoms with E-state index in [-0.39, 0.29) is 11.3 Å². The third-order valence-electron chi connectivity index (χ3n) is 3.32. The summed E-state index contributed by atoms with van der Waals surface area (Å²) >= 11 is 10.5. The van der Waals surface area contributed by atoms with Gasteiger partial charge in [0.2, 0.25) is 0 Å². The zero-order valence-corrected chi connectivity index (χ0v) is 15.4. The Bertz CT molecular complexity index is 900. The standard InChI is InChI=1S/C17H11BrClFN2OS/c18-10-5-6-15(21-8-11-9-22-17(19)24-11)13(7-10)16(23)12-3-1-2-4-14(12)20/h1-7,9,21H,8H2. The highest BCUT2D eigenvalue weighted by Crippen LogP contribution is 2.26. The van der Waals surface area contributed by atoms with Crippen LogP contribution in [-0.2, 0) is 6.54 Å². The summed E-state index contributed by atoms with van der Waals surface area (Å²) in [6, 6.07) is 11.2. The van der Waals surface area contributed by atoms with Gasteiger partial charge in [-0.2, -0.15) is 0 Å². The molecule has 1 heterocycles. The van der Waals surface area contributed by atoms with E-state index in [0.717, 1.165) is 9.35 Å². The van der Waals surface area contributed by atoms with Crippen LogP contribution in [0.2, 0.25) is 4.47 Å². The summed E-state index contributed by atoms with van der Waals surface area (Å²) in [5, 5.41) is 3.19. The zero-order chi connectivity index (χ0) is 17.1. The van der Waals surface area contributed by atoms with Crippen molar-refractivity contribution in [1.82, 2.24) is 4.98 Å². The average Bonchev–Trinajstić information content (AvgIpc) is 2.99. The molecule has 122 valence electrons. The van der Waals surface area contributed by atoms with Gasteiger partial charge in [0, 0.05) is 26.8 Å². The van der Waals surface area contributed by atoms with Crippen molar-refractivity contribution in [2.75, 3.05) is 5.32 Å². The first-order valence-electron chi connectivity index (χ1n) is 6.97. The summed E-state index contributed by atoms with van der Waals surface area (Å²) in [6.45, 7) is 0.476. The summed E-state index contributed by atoms with van der Waals surface area (Å²) in [5.41, 5.74) is 1.06. The lowest BCUT2D eigenvalue weighted by molar-refractivity contribution is 0.103. The van der Waals surface area contributed by atoms with Crippen LogP contribution in [0.25, 0.3) is 0 Å². The first kappa shape index (κ1) is 17.1. The van der Waals surface area contributed by atoms with E-state index >= 15 is 0 Å². The molecule has 0 fully saturated rings. The van der Waals surface area contributed by atoms with E-state index < -0.39 is 5.82 Å². The highest BCUT2D eigenvalue weighted by molar-refractivity contribution is 9.10. The number of nitrogens with zero attached hydrogens (tertiary/aromatic N) is 1. The molecule has 0 saturated carbocycles. The van der Waals surface area contributed by atoms with Crippen LogP contribution in [0, 0.1) is 5.82 Å². The first-order valence-corrected chi connectivity index (χ1v) is 8.96. The monoisotopic (exact) mass is 424 g/mol. The number of anilines is 1. The highest BCUT2D eigenvalue weighted by atomic mass is 79.9. The molecule has 3 rings (SSSR count). The normalized spacial score (nSPS) is 10.6. The van der Waals surface area contributed by atoms with Gasteiger partial charge < -0.3 is 5.32 Å². The number of aromatic nitrogens is 1. The van der Waals surface area contributed by atoms with Crippen molar-refractivity contribution in [3.8, 4) is 0 Å². The van der Waals surface area contributed by atoms with Gasteiger partial charge in [-0.15, -0.1) is 11.3 Å². The van der Waals surface area contributed by atoms with E-state index in [9.17, 15) is 9.18 Å². The van der Waals surface area contributed by atoms with Crippen molar-refractivity contribution < 1.29 is 9.18 Å². The molecule has 0 radical (unpaired) electrons. The number of hydrogen-bond acceptors (Lipinski definition) is 4. The van der Waals surface area contributed by atoms with Crippen molar-refractivity contribution in [3.05, 3.63) is 79.4 Å². The minimum atomic E-state index is -0.539. The Labute approximate surface area is 155 Å². The molecule has 0 unspecified atom stereocenters. The molecule has 0 aliphatic heterocycles. The van der Waals surface area contributed by atoms with Crippen molar-refractivity contribution in [2.24, 2.45) is 0 Å². The summed E-state index contributed by atoms with van der Waals surface area (Å²) in [7, 11) is 0. The zero-order valence-electron chi connectivity index (χ0n) is 12.2. The molecule has 1 aromatic heterocycles. The lowest BCUT2D eigenvalue weighted by Crippen LogP contribution is -2.09. The molecule has 1 N–H and O–H groups in total. The molecule has 0 atom stereocenters. The maximum atomic E-state index is 13.9.